The van der Waals surface area contributed by atoms with Crippen LogP contribution in [-0.2, 0) is 9.47 Å². The molecule has 0 saturated carbocycles. The third-order valence-corrected chi connectivity index (χ3v) is 18.4. The Morgan fingerprint density at radius 1 is 0.500 bits per heavy atom. The minimum absolute atomic E-state index is 0.0849. The van der Waals surface area contributed by atoms with Crippen LogP contribution < -0.4 is 31.6 Å². The molecule has 8 aromatic rings. The van der Waals surface area contributed by atoms with Gasteiger partial charge in [0.1, 0.15) is 0 Å². The van der Waals surface area contributed by atoms with Crippen LogP contribution in [0.3, 0.4) is 0 Å². The van der Waals surface area contributed by atoms with Crippen molar-refractivity contribution >= 4 is 69.8 Å². The lowest BCUT2D eigenvalue weighted by Crippen LogP contribution is -2.36. The zero-order chi connectivity index (χ0) is 50.7. The van der Waals surface area contributed by atoms with Crippen molar-refractivity contribution < 1.29 is 9.47 Å². The smallest absolute Gasteiger partial charge is 0.250 e. The van der Waals surface area contributed by atoms with Crippen molar-refractivity contribution in [3.05, 3.63) is 177 Å². The fourth-order valence-corrected chi connectivity index (χ4v) is 14.1. The zero-order valence-electron chi connectivity index (χ0n) is 41.6. The van der Waals surface area contributed by atoms with Crippen LogP contribution in [0.4, 0.5) is 22.7 Å². The van der Waals surface area contributed by atoms with Gasteiger partial charge in [0.05, 0.1) is 61.3 Å². The number of pyridine rings is 4. The van der Waals surface area contributed by atoms with E-state index in [1.807, 2.05) is 12.4 Å². The third-order valence-electron chi connectivity index (χ3n) is 13.2. The number of fused-ring (bicyclic) bond motifs is 4. The molecule has 8 heterocycles. The third kappa shape index (κ3) is 11.3. The quantitative estimate of drug-likeness (QED) is 0.103. The molecule has 0 amide bonds. The maximum Gasteiger partial charge on any atom is 0.250 e. The van der Waals surface area contributed by atoms with E-state index in [1.165, 1.54) is 39.2 Å². The molecule has 4 aromatic carbocycles. The van der Waals surface area contributed by atoms with Crippen molar-refractivity contribution in [3.63, 3.8) is 0 Å². The van der Waals surface area contributed by atoms with Gasteiger partial charge < -0.3 is 39.9 Å². The van der Waals surface area contributed by atoms with Gasteiger partial charge in [0.15, 0.2) is 0 Å². The standard InChI is InChI=1S/2C29H28N4O2S2/c2*1-18-6-8-23(30-17-18)19(2)31-20-7-9-25-27(14-20)36-26-5-3-4-22(29(26)37-25)24-15-21(16-28(34)32-24)33-10-12-35-13-11-33/h2*3-9,14-17,19,31H,10-13H2,1-2H3,(H,32,34). The zero-order valence-corrected chi connectivity index (χ0v) is 44.8. The Hall–Kier alpha value is -6.40. The molecule has 16 heteroatoms. The molecule has 4 aliphatic heterocycles. The van der Waals surface area contributed by atoms with E-state index in [4.69, 9.17) is 9.47 Å². The number of hydrogen-bond donors (Lipinski definition) is 4. The number of morpholine rings is 2. The van der Waals surface area contributed by atoms with Crippen LogP contribution in [0.5, 0.6) is 0 Å². The summed E-state index contributed by atoms with van der Waals surface area (Å²) in [6.07, 6.45) is 3.82. The fraction of sp³-hybridized carbons (Fsp3) is 0.241. The van der Waals surface area contributed by atoms with E-state index < -0.39 is 0 Å². The van der Waals surface area contributed by atoms with Gasteiger partial charge in [-0.25, -0.2) is 0 Å². The number of aromatic nitrogens is 4. The molecule has 0 spiro atoms. The highest BCUT2D eigenvalue weighted by atomic mass is 32.2. The van der Waals surface area contributed by atoms with Crippen molar-refractivity contribution in [1.29, 1.82) is 0 Å². The van der Waals surface area contributed by atoms with E-state index in [1.54, 1.807) is 59.2 Å². The molecule has 4 aliphatic rings. The number of ether oxygens (including phenoxy) is 2. The highest BCUT2D eigenvalue weighted by Crippen LogP contribution is 2.54. The van der Waals surface area contributed by atoms with Crippen molar-refractivity contribution in [1.82, 2.24) is 19.9 Å². The lowest BCUT2D eigenvalue weighted by atomic mass is 10.1. The van der Waals surface area contributed by atoms with Gasteiger partial charge >= 0.3 is 0 Å². The number of hydrogen-bond acceptors (Lipinski definition) is 14. The predicted molar refractivity (Wildman–Crippen MR) is 302 cm³/mol. The number of rotatable bonds is 10. The van der Waals surface area contributed by atoms with Crippen LogP contribution >= 0.6 is 47.0 Å². The van der Waals surface area contributed by atoms with Crippen molar-refractivity contribution in [2.24, 2.45) is 0 Å². The molecule has 4 N–H and O–H groups in total. The van der Waals surface area contributed by atoms with E-state index in [0.29, 0.717) is 26.4 Å². The van der Waals surface area contributed by atoms with E-state index in [-0.39, 0.29) is 23.2 Å². The number of aromatic amines is 2. The van der Waals surface area contributed by atoms with Crippen LogP contribution in [0.1, 0.15) is 48.4 Å². The highest BCUT2D eigenvalue weighted by Gasteiger charge is 2.25. The first-order chi connectivity index (χ1) is 36.1. The normalized spacial score (nSPS) is 15.6. The summed E-state index contributed by atoms with van der Waals surface area (Å²) in [7, 11) is 0. The van der Waals surface area contributed by atoms with Gasteiger partial charge in [0, 0.05) is 124 Å². The van der Waals surface area contributed by atoms with Gasteiger partial charge in [-0.15, -0.1) is 0 Å². The van der Waals surface area contributed by atoms with Gasteiger partial charge in [-0.3, -0.25) is 19.6 Å². The maximum atomic E-state index is 12.6. The molecule has 376 valence electrons. The summed E-state index contributed by atoms with van der Waals surface area (Å²) in [4.78, 5) is 54.5. The molecule has 2 saturated heterocycles. The second-order valence-corrected chi connectivity index (χ2v) is 23.0. The molecule has 12 nitrogen and oxygen atoms in total. The molecule has 0 aliphatic carbocycles. The van der Waals surface area contributed by atoms with Gasteiger partial charge in [-0.1, -0.05) is 83.4 Å². The minimum Gasteiger partial charge on any atom is -0.378 e. The van der Waals surface area contributed by atoms with Crippen LogP contribution in [0, 0.1) is 13.8 Å². The summed E-state index contributed by atoms with van der Waals surface area (Å²) in [5, 5.41) is 7.19. The van der Waals surface area contributed by atoms with Gasteiger partial charge in [-0.05, 0) is 112 Å². The summed E-state index contributed by atoms with van der Waals surface area (Å²) < 4.78 is 11.0. The number of H-pyrrole nitrogens is 2. The number of nitrogens with zero attached hydrogens (tertiary/aromatic N) is 4. The molecule has 12 rings (SSSR count). The average Bonchev–Trinajstić information content (AvgIpc) is 3.42. The number of nitrogens with one attached hydrogen (secondary N) is 4. The van der Waals surface area contributed by atoms with Crippen LogP contribution in [0.15, 0.2) is 182 Å². The fourth-order valence-electron chi connectivity index (χ4n) is 9.28. The topological polar surface area (TPSA) is 140 Å². The van der Waals surface area contributed by atoms with Crippen molar-refractivity contribution in [3.8, 4) is 22.5 Å². The summed E-state index contributed by atoms with van der Waals surface area (Å²) in [6, 6.07) is 41.8. The molecular formula is C58H56N8O4S4. The molecule has 74 heavy (non-hydrogen) atoms. The van der Waals surface area contributed by atoms with Gasteiger partial charge in [0.2, 0.25) is 11.1 Å². The number of anilines is 4. The summed E-state index contributed by atoms with van der Waals surface area (Å²) in [5.74, 6) is 0. The maximum absolute atomic E-state index is 12.6. The largest absolute Gasteiger partial charge is 0.378 e. The van der Waals surface area contributed by atoms with Crippen LogP contribution in [-0.4, -0.2) is 72.5 Å². The lowest BCUT2D eigenvalue weighted by molar-refractivity contribution is 0.122. The molecule has 2 atom stereocenters. The highest BCUT2D eigenvalue weighted by molar-refractivity contribution is 8.05. The monoisotopic (exact) mass is 1060 g/mol. The second-order valence-electron chi connectivity index (χ2n) is 18.7. The second kappa shape index (κ2) is 22.2. The Morgan fingerprint density at radius 3 is 1.34 bits per heavy atom. The van der Waals surface area contributed by atoms with Gasteiger partial charge in [0.25, 0.3) is 0 Å². The lowest BCUT2D eigenvalue weighted by Gasteiger charge is -2.29. The Balaban J connectivity index is 0.000000159. The van der Waals surface area contributed by atoms with Crippen LogP contribution in [0.2, 0.25) is 0 Å². The molecule has 4 aromatic heterocycles. The Morgan fingerprint density at radius 2 is 0.932 bits per heavy atom. The van der Waals surface area contributed by atoms with Crippen molar-refractivity contribution in [2.75, 3.05) is 73.0 Å². The van der Waals surface area contributed by atoms with Gasteiger partial charge in [-0.2, -0.15) is 0 Å². The summed E-state index contributed by atoms with van der Waals surface area (Å²) in [5.41, 5.74) is 12.0. The SMILES string of the molecule is Cc1ccc(C(C)Nc2ccc3c(c2)Sc2cccc(-c4cc(N5CCOCC5)cc(=O)[nH]4)c2S3)nc1.Cc1ccc(C(C)Nc2ccc3c(c2)Sc2cccc(-c4cc(N5CCOCC5)cc(=O)[nH]4)c2S3)nc1. The molecule has 2 fully saturated rings. The van der Waals surface area contributed by atoms with E-state index in [2.05, 4.69) is 177 Å². The Kier molecular flexibility index (Phi) is 14.9. The number of aryl methyl sites for hydroxylation is 2. The predicted octanol–water partition coefficient (Wildman–Crippen LogP) is 12.7. The first kappa shape index (κ1) is 49.8. The first-order valence-corrected chi connectivity index (χ1v) is 28.1. The van der Waals surface area contributed by atoms with E-state index in [0.717, 1.165) is 94.0 Å². The minimum atomic E-state index is -0.0849. The van der Waals surface area contributed by atoms with Crippen LogP contribution in [0.25, 0.3) is 22.5 Å². The summed E-state index contributed by atoms with van der Waals surface area (Å²) >= 11 is 7.06. The Bertz CT molecular complexity index is 3220. The van der Waals surface area contributed by atoms with Crippen molar-refractivity contribution in [2.45, 2.75) is 78.9 Å². The first-order valence-electron chi connectivity index (χ1n) is 24.9. The molecule has 0 bridgehead atoms. The molecule has 2 unspecified atom stereocenters. The van der Waals surface area contributed by atoms with E-state index >= 15 is 0 Å². The Labute approximate surface area is 447 Å². The van der Waals surface area contributed by atoms with E-state index in [9.17, 15) is 9.59 Å². The number of benzene rings is 4. The molecular weight excluding hydrogens is 1000 g/mol. The average molecular weight is 1060 g/mol. The summed E-state index contributed by atoms with van der Waals surface area (Å²) in [6.45, 7) is 14.3. The molecule has 0 radical (unpaired) electrons.